The van der Waals surface area contributed by atoms with Crippen LogP contribution in [0.5, 0.6) is 0 Å². The summed E-state index contributed by atoms with van der Waals surface area (Å²) in [6.45, 7) is 0.979. The Bertz CT molecular complexity index is 397. The predicted molar refractivity (Wildman–Crippen MR) is 67.6 cm³/mol. The lowest BCUT2D eigenvalue weighted by molar-refractivity contribution is -0.131. The lowest BCUT2D eigenvalue weighted by Crippen LogP contribution is -2.37. The van der Waals surface area contributed by atoms with E-state index < -0.39 is 0 Å². The van der Waals surface area contributed by atoms with Crippen LogP contribution < -0.4 is 0 Å². The van der Waals surface area contributed by atoms with Crippen LogP contribution in [0.15, 0.2) is 30.3 Å². The third-order valence-electron chi connectivity index (χ3n) is 3.98. The van der Waals surface area contributed by atoms with Crippen molar-refractivity contribution in [3.8, 4) is 0 Å². The number of benzene rings is 1. The Morgan fingerprint density at radius 1 is 1.18 bits per heavy atom. The molecule has 3 rings (SSSR count). The zero-order chi connectivity index (χ0) is 11.7. The zero-order valence-corrected chi connectivity index (χ0v) is 10.1. The Hall–Kier alpha value is -1.31. The Balaban J connectivity index is 1.65. The number of carbonyl (C=O) groups is 1. The number of hydrogen-bond donors (Lipinski definition) is 0. The van der Waals surface area contributed by atoms with Gasteiger partial charge in [0.2, 0.25) is 5.91 Å². The number of carbonyl (C=O) groups excluding carboxylic acids is 1. The summed E-state index contributed by atoms with van der Waals surface area (Å²) in [6.07, 6.45) is 5.66. The standard InChI is InChI=1S/C15H19NO/c17-15(11-12-5-2-1-3-6-12)16-10-4-7-14(16)13-8-9-13/h1-3,5-6,13-14H,4,7-11H2. The van der Waals surface area contributed by atoms with Crippen molar-refractivity contribution in [3.05, 3.63) is 35.9 Å². The van der Waals surface area contributed by atoms with Gasteiger partial charge in [-0.05, 0) is 37.2 Å². The Labute approximate surface area is 103 Å². The van der Waals surface area contributed by atoms with E-state index in [-0.39, 0.29) is 0 Å². The van der Waals surface area contributed by atoms with Crippen LogP contribution in [0, 0.1) is 5.92 Å². The molecule has 2 aliphatic rings. The second-order valence-electron chi connectivity index (χ2n) is 5.30. The third-order valence-corrected chi connectivity index (χ3v) is 3.98. The van der Waals surface area contributed by atoms with Crippen molar-refractivity contribution in [1.82, 2.24) is 4.90 Å². The van der Waals surface area contributed by atoms with Crippen LogP contribution in [0.4, 0.5) is 0 Å². The molecule has 17 heavy (non-hydrogen) atoms. The average Bonchev–Trinajstić information content (AvgIpc) is 3.08. The summed E-state index contributed by atoms with van der Waals surface area (Å²) in [4.78, 5) is 14.4. The monoisotopic (exact) mass is 229 g/mol. The second-order valence-corrected chi connectivity index (χ2v) is 5.30. The van der Waals surface area contributed by atoms with E-state index in [1.807, 2.05) is 30.3 Å². The molecule has 2 fully saturated rings. The van der Waals surface area contributed by atoms with Gasteiger partial charge in [-0.3, -0.25) is 4.79 Å². The summed E-state index contributed by atoms with van der Waals surface area (Å²) in [5.41, 5.74) is 1.14. The quantitative estimate of drug-likeness (QED) is 0.780. The highest BCUT2D eigenvalue weighted by molar-refractivity contribution is 5.79. The van der Waals surface area contributed by atoms with E-state index >= 15 is 0 Å². The maximum absolute atomic E-state index is 12.3. The van der Waals surface area contributed by atoms with Gasteiger partial charge in [-0.15, -0.1) is 0 Å². The van der Waals surface area contributed by atoms with Crippen molar-refractivity contribution in [2.24, 2.45) is 5.92 Å². The van der Waals surface area contributed by atoms with E-state index in [1.54, 1.807) is 0 Å². The van der Waals surface area contributed by atoms with Gasteiger partial charge in [0.05, 0.1) is 6.42 Å². The summed E-state index contributed by atoms with van der Waals surface area (Å²) in [6, 6.07) is 10.7. The van der Waals surface area contributed by atoms with Gasteiger partial charge in [-0.1, -0.05) is 30.3 Å². The molecule has 1 atom stereocenters. The normalized spacial score (nSPS) is 24.0. The van der Waals surface area contributed by atoms with Gasteiger partial charge in [0.25, 0.3) is 0 Å². The highest BCUT2D eigenvalue weighted by Crippen LogP contribution is 2.40. The maximum atomic E-state index is 12.3. The van der Waals surface area contributed by atoms with Crippen LogP contribution in [0.25, 0.3) is 0 Å². The van der Waals surface area contributed by atoms with Gasteiger partial charge in [-0.2, -0.15) is 0 Å². The van der Waals surface area contributed by atoms with Crippen molar-refractivity contribution in [3.63, 3.8) is 0 Å². The summed E-state index contributed by atoms with van der Waals surface area (Å²) >= 11 is 0. The third kappa shape index (κ3) is 2.36. The molecule has 90 valence electrons. The Morgan fingerprint density at radius 2 is 1.94 bits per heavy atom. The van der Waals surface area contributed by atoms with Gasteiger partial charge >= 0.3 is 0 Å². The Kier molecular flexibility index (Phi) is 2.87. The first-order chi connectivity index (χ1) is 8.34. The summed E-state index contributed by atoms with van der Waals surface area (Å²) < 4.78 is 0. The van der Waals surface area contributed by atoms with Gasteiger partial charge < -0.3 is 4.90 Å². The smallest absolute Gasteiger partial charge is 0.227 e. The van der Waals surface area contributed by atoms with E-state index in [0.29, 0.717) is 18.4 Å². The number of likely N-dealkylation sites (tertiary alicyclic amines) is 1. The van der Waals surface area contributed by atoms with Crippen LogP contribution in [0.2, 0.25) is 0 Å². The fraction of sp³-hybridized carbons (Fsp3) is 0.533. The first kappa shape index (κ1) is 10.8. The number of nitrogens with zero attached hydrogens (tertiary/aromatic N) is 1. The van der Waals surface area contributed by atoms with Gasteiger partial charge in [0, 0.05) is 12.6 Å². The molecule has 0 spiro atoms. The van der Waals surface area contributed by atoms with E-state index in [2.05, 4.69) is 4.90 Å². The highest BCUT2D eigenvalue weighted by Gasteiger charge is 2.39. The molecule has 0 bridgehead atoms. The van der Waals surface area contributed by atoms with E-state index in [4.69, 9.17) is 0 Å². The van der Waals surface area contributed by atoms with Crippen LogP contribution in [0.1, 0.15) is 31.2 Å². The fourth-order valence-corrected chi connectivity index (χ4v) is 2.95. The molecular weight excluding hydrogens is 210 g/mol. The van der Waals surface area contributed by atoms with Crippen molar-refractivity contribution in [2.45, 2.75) is 38.1 Å². The summed E-state index contributed by atoms with van der Waals surface area (Å²) in [5.74, 6) is 1.14. The molecule has 0 aromatic heterocycles. The van der Waals surface area contributed by atoms with E-state index in [9.17, 15) is 4.79 Å². The van der Waals surface area contributed by atoms with Crippen LogP contribution in [-0.4, -0.2) is 23.4 Å². The SMILES string of the molecule is O=C(Cc1ccccc1)N1CCCC1C1CC1. The largest absolute Gasteiger partial charge is 0.339 e. The van der Waals surface area contributed by atoms with Crippen LogP contribution >= 0.6 is 0 Å². The molecule has 1 amide bonds. The van der Waals surface area contributed by atoms with Crippen molar-refractivity contribution >= 4 is 5.91 Å². The minimum atomic E-state index is 0.325. The molecule has 1 unspecified atom stereocenters. The first-order valence-corrected chi connectivity index (χ1v) is 6.68. The van der Waals surface area contributed by atoms with E-state index in [0.717, 1.165) is 18.0 Å². The highest BCUT2D eigenvalue weighted by atomic mass is 16.2. The van der Waals surface area contributed by atoms with E-state index in [1.165, 1.54) is 25.7 Å². The second kappa shape index (κ2) is 4.52. The molecule has 1 aromatic rings. The van der Waals surface area contributed by atoms with Crippen molar-refractivity contribution < 1.29 is 4.79 Å². The Morgan fingerprint density at radius 3 is 2.65 bits per heavy atom. The molecule has 1 saturated heterocycles. The fourth-order valence-electron chi connectivity index (χ4n) is 2.95. The molecule has 0 N–H and O–H groups in total. The van der Waals surface area contributed by atoms with Gasteiger partial charge in [0.1, 0.15) is 0 Å². The molecule has 2 heteroatoms. The molecule has 1 aliphatic heterocycles. The molecule has 1 heterocycles. The van der Waals surface area contributed by atoms with Crippen molar-refractivity contribution in [1.29, 1.82) is 0 Å². The minimum absolute atomic E-state index is 0.325. The van der Waals surface area contributed by atoms with Gasteiger partial charge in [0.15, 0.2) is 0 Å². The number of hydrogen-bond acceptors (Lipinski definition) is 1. The molecule has 1 aromatic carbocycles. The number of rotatable bonds is 3. The topological polar surface area (TPSA) is 20.3 Å². The summed E-state index contributed by atoms with van der Waals surface area (Å²) in [5, 5.41) is 0. The average molecular weight is 229 g/mol. The number of amides is 1. The maximum Gasteiger partial charge on any atom is 0.227 e. The zero-order valence-electron chi connectivity index (χ0n) is 10.1. The molecule has 0 radical (unpaired) electrons. The molecule has 1 saturated carbocycles. The van der Waals surface area contributed by atoms with Crippen molar-refractivity contribution in [2.75, 3.05) is 6.54 Å². The van der Waals surface area contributed by atoms with Gasteiger partial charge in [-0.25, -0.2) is 0 Å². The van der Waals surface area contributed by atoms with Crippen LogP contribution in [-0.2, 0) is 11.2 Å². The summed E-state index contributed by atoms with van der Waals surface area (Å²) in [7, 11) is 0. The first-order valence-electron chi connectivity index (χ1n) is 6.68. The van der Waals surface area contributed by atoms with Crippen LogP contribution in [0.3, 0.4) is 0 Å². The lowest BCUT2D eigenvalue weighted by atomic mass is 10.1. The lowest BCUT2D eigenvalue weighted by Gasteiger charge is -2.24. The minimum Gasteiger partial charge on any atom is -0.339 e. The molecule has 1 aliphatic carbocycles. The molecule has 2 nitrogen and oxygen atoms in total. The molecular formula is C15H19NO. The predicted octanol–water partition coefficient (Wildman–Crippen LogP) is 2.63.